The van der Waals surface area contributed by atoms with Crippen molar-refractivity contribution in [3.05, 3.63) is 35.9 Å². The summed E-state index contributed by atoms with van der Waals surface area (Å²) in [7, 11) is -5.06. The number of ether oxygens (including phenoxy) is 1. The molecule has 16 heavy (non-hydrogen) atoms. The van der Waals surface area contributed by atoms with Crippen molar-refractivity contribution >= 4 is 7.60 Å². The predicted molar refractivity (Wildman–Crippen MR) is 60.7 cm³/mol. The van der Waals surface area contributed by atoms with E-state index in [2.05, 4.69) is 4.74 Å². The van der Waals surface area contributed by atoms with Crippen molar-refractivity contribution in [1.29, 1.82) is 0 Å². The highest BCUT2D eigenvalue weighted by atomic mass is 31.2. The fourth-order valence-corrected chi connectivity index (χ4v) is 1.35. The van der Waals surface area contributed by atoms with Crippen LogP contribution in [-0.4, -0.2) is 21.7 Å². The summed E-state index contributed by atoms with van der Waals surface area (Å²) < 4.78 is 48.8. The molecule has 1 aliphatic rings. The van der Waals surface area contributed by atoms with Crippen LogP contribution in [0, 0.1) is 0 Å². The Balaban J connectivity index is 0.000000235. The van der Waals surface area contributed by atoms with Gasteiger partial charge in [0.05, 0.1) is 8.82 Å². The Kier molecular flexibility index (Phi) is 2.64. The molecule has 0 amide bonds. The third-order valence-corrected chi connectivity index (χ3v) is 2.52. The summed E-state index contributed by atoms with van der Waals surface area (Å²) in [6.07, 6.45) is -2.82. The van der Waals surface area contributed by atoms with E-state index in [4.69, 9.17) is 22.4 Å². The van der Waals surface area contributed by atoms with E-state index in [-0.39, 0.29) is 0 Å². The standard InChI is InChI=1S/C7H9N.C3H7O4P/c8-6-7-4-2-1-3-5-7;1-2-3(7-2)8(4,5)6/h1-5H,6,8H2;2-3H,1H3,(H2,4,5,6)/t;2-,3+/m.1/s1/i;1D3,2D,3D. The topological polar surface area (TPSA) is 96.1 Å². The maximum atomic E-state index is 10.6. The molecule has 0 saturated carbocycles. The van der Waals surface area contributed by atoms with E-state index in [9.17, 15) is 4.57 Å². The summed E-state index contributed by atoms with van der Waals surface area (Å²) in [6.45, 7) is -2.41. The van der Waals surface area contributed by atoms with Gasteiger partial charge in [0.25, 0.3) is 0 Å². The van der Waals surface area contributed by atoms with Crippen LogP contribution in [0.25, 0.3) is 0 Å². The van der Waals surface area contributed by atoms with E-state index in [0.717, 1.165) is 0 Å². The van der Waals surface area contributed by atoms with Gasteiger partial charge in [-0.1, -0.05) is 30.3 Å². The van der Waals surface area contributed by atoms with Crippen molar-refractivity contribution in [3.8, 4) is 0 Å². The zero-order chi connectivity index (χ0) is 16.5. The highest BCUT2D eigenvalue weighted by Crippen LogP contribution is 2.52. The van der Waals surface area contributed by atoms with Crippen LogP contribution in [0.2, 0.25) is 0 Å². The molecule has 1 aliphatic heterocycles. The molecule has 0 radical (unpaired) electrons. The molecule has 90 valence electrons. The molecule has 1 heterocycles. The van der Waals surface area contributed by atoms with Crippen molar-refractivity contribution in [2.24, 2.45) is 5.73 Å². The van der Waals surface area contributed by atoms with Gasteiger partial charge < -0.3 is 20.3 Å². The van der Waals surface area contributed by atoms with E-state index in [0.29, 0.717) is 6.54 Å². The second kappa shape index (κ2) is 5.57. The summed E-state index contributed by atoms with van der Waals surface area (Å²) in [4.78, 5) is 17.1. The SMILES string of the molecule is NCc1ccccc1.[2H]C([2H])([2H])[C@@]1([2H])O[C@@]1([2H])P(=O)(O)O. The molecule has 4 N–H and O–H groups in total. The van der Waals surface area contributed by atoms with Crippen LogP contribution in [0.3, 0.4) is 0 Å². The molecule has 0 spiro atoms. The fourth-order valence-electron chi connectivity index (χ4n) is 0.877. The third-order valence-electron chi connectivity index (χ3n) is 1.69. The summed E-state index contributed by atoms with van der Waals surface area (Å²) in [5.74, 6) is -2.95. The van der Waals surface area contributed by atoms with Gasteiger partial charge in [0, 0.05) is 10.7 Å². The molecule has 0 aliphatic carbocycles. The van der Waals surface area contributed by atoms with E-state index in [1.807, 2.05) is 30.3 Å². The van der Waals surface area contributed by atoms with Crippen LogP contribution in [0.15, 0.2) is 30.3 Å². The van der Waals surface area contributed by atoms with Gasteiger partial charge in [-0.3, -0.25) is 4.57 Å². The minimum Gasteiger partial charge on any atom is -0.356 e. The Morgan fingerprint density at radius 3 is 2.44 bits per heavy atom. The Bertz CT molecular complexity index is 536. The second-order valence-electron chi connectivity index (χ2n) is 2.97. The maximum Gasteiger partial charge on any atom is 0.356 e. The van der Waals surface area contributed by atoms with Gasteiger partial charge >= 0.3 is 7.60 Å². The molecule has 5 nitrogen and oxygen atoms in total. The molecule has 2 atom stereocenters. The number of rotatable bonds is 2. The lowest BCUT2D eigenvalue weighted by atomic mass is 10.2. The molecule has 0 unspecified atom stereocenters. The number of nitrogens with two attached hydrogens (primary N) is 1. The van der Waals surface area contributed by atoms with E-state index < -0.39 is 26.3 Å². The Labute approximate surface area is 101 Å². The van der Waals surface area contributed by atoms with Crippen LogP contribution in [0.4, 0.5) is 0 Å². The minimum absolute atomic E-state index is 0.640. The first kappa shape index (κ1) is 7.58. The Morgan fingerprint density at radius 2 is 2.19 bits per heavy atom. The van der Waals surface area contributed by atoms with Gasteiger partial charge in [0.15, 0.2) is 5.82 Å². The number of hydrogen-bond acceptors (Lipinski definition) is 3. The highest BCUT2D eigenvalue weighted by molar-refractivity contribution is 7.52. The fraction of sp³-hybridized carbons (Fsp3) is 0.400. The van der Waals surface area contributed by atoms with Crippen LogP contribution < -0.4 is 5.73 Å². The van der Waals surface area contributed by atoms with Gasteiger partial charge in [-0.15, -0.1) is 0 Å². The normalized spacial score (nSPS) is 37.8. The number of epoxide rings is 1. The molecule has 1 fully saturated rings. The van der Waals surface area contributed by atoms with Crippen molar-refractivity contribution in [2.75, 3.05) is 0 Å². The Morgan fingerprint density at radius 1 is 1.56 bits per heavy atom. The highest BCUT2D eigenvalue weighted by Gasteiger charge is 2.48. The van der Waals surface area contributed by atoms with Gasteiger partial charge in [0.2, 0.25) is 0 Å². The van der Waals surface area contributed by atoms with Gasteiger partial charge in [-0.2, -0.15) is 0 Å². The van der Waals surface area contributed by atoms with Crippen LogP contribution in [-0.2, 0) is 15.8 Å². The van der Waals surface area contributed by atoms with Crippen molar-refractivity contribution < 1.29 is 25.9 Å². The first-order chi connectivity index (χ1) is 9.39. The molecule has 1 saturated heterocycles. The Hall–Kier alpha value is -0.710. The van der Waals surface area contributed by atoms with Gasteiger partial charge in [0.1, 0.15) is 0 Å². The van der Waals surface area contributed by atoms with Gasteiger partial charge in [-0.25, -0.2) is 0 Å². The molecular weight excluding hydrogens is 229 g/mol. The summed E-state index contributed by atoms with van der Waals surface area (Å²) in [5, 5.41) is 0. The molecule has 1 aromatic rings. The number of hydrogen-bond donors (Lipinski definition) is 3. The third kappa shape index (κ3) is 4.43. The molecule has 2 rings (SSSR count). The van der Waals surface area contributed by atoms with Gasteiger partial charge in [-0.05, 0) is 12.4 Å². The lowest BCUT2D eigenvalue weighted by molar-refractivity contribution is 0.333. The lowest BCUT2D eigenvalue weighted by Crippen LogP contribution is -1.94. The first-order valence-electron chi connectivity index (χ1n) is 6.89. The van der Waals surface area contributed by atoms with Crippen LogP contribution in [0.5, 0.6) is 0 Å². The monoisotopic (exact) mass is 250 g/mol. The average Bonchev–Trinajstić information content (AvgIpc) is 2.97. The smallest absolute Gasteiger partial charge is 0.356 e. The maximum absolute atomic E-state index is 10.6. The van der Waals surface area contributed by atoms with Crippen LogP contribution in [0.1, 0.15) is 19.3 Å². The van der Waals surface area contributed by atoms with E-state index in [1.165, 1.54) is 5.56 Å². The second-order valence-corrected chi connectivity index (χ2v) is 4.46. The number of benzene rings is 1. The molecule has 6 heteroatoms. The zero-order valence-electron chi connectivity index (χ0n) is 13.3. The van der Waals surface area contributed by atoms with Crippen LogP contribution >= 0.6 is 7.60 Å². The summed E-state index contributed by atoms with van der Waals surface area (Å²) in [6, 6.07) is 9.99. The largest absolute Gasteiger partial charge is 0.356 e. The van der Waals surface area contributed by atoms with E-state index >= 15 is 0 Å². The van der Waals surface area contributed by atoms with Crippen molar-refractivity contribution in [3.63, 3.8) is 0 Å². The minimum atomic E-state index is -5.06. The van der Waals surface area contributed by atoms with Crippen molar-refractivity contribution in [2.45, 2.75) is 25.3 Å². The molecule has 1 aromatic carbocycles. The molecule has 0 bridgehead atoms. The molecule has 0 aromatic heterocycles. The predicted octanol–water partition coefficient (Wildman–Crippen LogP) is 1.05. The molecular formula is C10H16NO4P. The first-order valence-corrected chi connectivity index (χ1v) is 6.00. The summed E-state index contributed by atoms with van der Waals surface area (Å²) in [5.41, 5.74) is 6.54. The lowest BCUT2D eigenvalue weighted by Gasteiger charge is -1.93. The quantitative estimate of drug-likeness (QED) is 0.538. The van der Waals surface area contributed by atoms with E-state index in [1.54, 1.807) is 0 Å². The van der Waals surface area contributed by atoms with Crippen molar-refractivity contribution in [1.82, 2.24) is 0 Å². The zero-order valence-corrected chi connectivity index (χ0v) is 9.22. The summed E-state index contributed by atoms with van der Waals surface area (Å²) >= 11 is 0. The average molecular weight is 250 g/mol.